The highest BCUT2D eigenvalue weighted by Crippen LogP contribution is 2.19. The number of carboxylic acid groups (broad SMARTS) is 1. The van der Waals surface area contributed by atoms with E-state index in [4.69, 9.17) is 9.57 Å². The molecule has 0 saturated carbocycles. The van der Waals surface area contributed by atoms with Gasteiger partial charge in [-0.2, -0.15) is 5.48 Å². The van der Waals surface area contributed by atoms with E-state index in [1.54, 1.807) is 0 Å². The van der Waals surface area contributed by atoms with Gasteiger partial charge >= 0.3 is 5.97 Å². The SMILES string of the molecule is CCC(NOC1CCCCO1)C(CC(C)C)C(=O)O. The zero-order valence-corrected chi connectivity index (χ0v) is 12.2. The number of hydrogen-bond donors (Lipinski definition) is 2. The van der Waals surface area contributed by atoms with E-state index in [1.807, 2.05) is 20.8 Å². The molecule has 0 aromatic rings. The van der Waals surface area contributed by atoms with Crippen LogP contribution in [0.2, 0.25) is 0 Å². The molecule has 3 unspecified atom stereocenters. The van der Waals surface area contributed by atoms with Crippen LogP contribution in [0.25, 0.3) is 0 Å². The van der Waals surface area contributed by atoms with Gasteiger partial charge in [0.25, 0.3) is 0 Å². The third-order valence-electron chi connectivity index (χ3n) is 3.46. The number of carbonyl (C=O) groups is 1. The lowest BCUT2D eigenvalue weighted by Crippen LogP contribution is -2.43. The Balaban J connectivity index is 2.46. The van der Waals surface area contributed by atoms with Gasteiger partial charge in [0.05, 0.1) is 5.92 Å². The van der Waals surface area contributed by atoms with Crippen LogP contribution in [0.4, 0.5) is 0 Å². The summed E-state index contributed by atoms with van der Waals surface area (Å²) in [6, 6.07) is -0.176. The molecule has 0 spiro atoms. The van der Waals surface area contributed by atoms with Crippen molar-refractivity contribution in [2.75, 3.05) is 6.61 Å². The van der Waals surface area contributed by atoms with Gasteiger partial charge < -0.3 is 9.84 Å². The first kappa shape index (κ1) is 16.4. The Morgan fingerprint density at radius 3 is 2.68 bits per heavy atom. The standard InChI is InChI=1S/C14H27NO4/c1-4-12(11(14(16)17)9-10(2)3)15-19-13-7-5-6-8-18-13/h10-13,15H,4-9H2,1-3H3,(H,16,17). The van der Waals surface area contributed by atoms with Gasteiger partial charge in [-0.1, -0.05) is 20.8 Å². The maximum Gasteiger partial charge on any atom is 0.308 e. The van der Waals surface area contributed by atoms with Crippen molar-refractivity contribution in [1.82, 2.24) is 5.48 Å². The van der Waals surface area contributed by atoms with Crippen LogP contribution in [-0.2, 0) is 14.4 Å². The van der Waals surface area contributed by atoms with Crippen molar-refractivity contribution >= 4 is 5.97 Å². The average Bonchev–Trinajstić information content (AvgIpc) is 2.38. The first-order chi connectivity index (χ1) is 9.04. The van der Waals surface area contributed by atoms with Crippen LogP contribution < -0.4 is 5.48 Å². The molecule has 3 atom stereocenters. The van der Waals surface area contributed by atoms with Crippen LogP contribution in [0.5, 0.6) is 0 Å². The molecular formula is C14H27NO4. The molecule has 0 aromatic carbocycles. The van der Waals surface area contributed by atoms with Gasteiger partial charge in [0.15, 0.2) is 6.29 Å². The van der Waals surface area contributed by atoms with E-state index in [2.05, 4.69) is 5.48 Å². The molecule has 0 aliphatic carbocycles. The second kappa shape index (κ2) is 8.51. The summed E-state index contributed by atoms with van der Waals surface area (Å²) >= 11 is 0. The van der Waals surface area contributed by atoms with Gasteiger partial charge in [0, 0.05) is 19.1 Å². The summed E-state index contributed by atoms with van der Waals surface area (Å²) in [6.07, 6.45) is 4.16. The Hall–Kier alpha value is -0.650. The summed E-state index contributed by atoms with van der Waals surface area (Å²) in [7, 11) is 0. The smallest absolute Gasteiger partial charge is 0.308 e. The van der Waals surface area contributed by atoms with E-state index in [1.165, 1.54) is 0 Å². The third-order valence-corrected chi connectivity index (χ3v) is 3.46. The van der Waals surface area contributed by atoms with E-state index < -0.39 is 11.9 Å². The fraction of sp³-hybridized carbons (Fsp3) is 0.929. The van der Waals surface area contributed by atoms with E-state index >= 15 is 0 Å². The lowest BCUT2D eigenvalue weighted by atomic mass is 9.89. The summed E-state index contributed by atoms with van der Waals surface area (Å²) in [4.78, 5) is 16.9. The highest BCUT2D eigenvalue weighted by molar-refractivity contribution is 5.70. The van der Waals surface area contributed by atoms with Gasteiger partial charge in [-0.25, -0.2) is 0 Å². The van der Waals surface area contributed by atoms with Gasteiger partial charge in [0.1, 0.15) is 0 Å². The number of hydrogen-bond acceptors (Lipinski definition) is 4. The predicted octanol–water partition coefficient (Wildman–Crippen LogP) is 2.56. The quantitative estimate of drug-likeness (QED) is 0.665. The normalized spacial score (nSPS) is 23.3. The van der Waals surface area contributed by atoms with Crippen molar-refractivity contribution in [2.45, 2.75) is 65.2 Å². The molecule has 1 heterocycles. The van der Waals surface area contributed by atoms with Crippen molar-refractivity contribution in [2.24, 2.45) is 11.8 Å². The summed E-state index contributed by atoms with van der Waals surface area (Å²) < 4.78 is 5.46. The first-order valence-electron chi connectivity index (χ1n) is 7.30. The molecule has 19 heavy (non-hydrogen) atoms. The predicted molar refractivity (Wildman–Crippen MR) is 72.5 cm³/mol. The van der Waals surface area contributed by atoms with E-state index in [0.717, 1.165) is 32.3 Å². The largest absolute Gasteiger partial charge is 0.481 e. The maximum absolute atomic E-state index is 11.4. The first-order valence-corrected chi connectivity index (χ1v) is 7.30. The Morgan fingerprint density at radius 1 is 1.47 bits per heavy atom. The van der Waals surface area contributed by atoms with Crippen LogP contribution in [0.1, 0.15) is 52.9 Å². The average molecular weight is 273 g/mol. The Kier molecular flexibility index (Phi) is 7.34. The van der Waals surface area contributed by atoms with Crippen molar-refractivity contribution in [3.05, 3.63) is 0 Å². The van der Waals surface area contributed by atoms with Gasteiger partial charge in [-0.05, 0) is 31.6 Å². The molecule has 5 heteroatoms. The van der Waals surface area contributed by atoms with Crippen molar-refractivity contribution < 1.29 is 19.5 Å². The zero-order chi connectivity index (χ0) is 14.3. The Bertz CT molecular complexity index is 264. The highest BCUT2D eigenvalue weighted by Gasteiger charge is 2.28. The fourth-order valence-corrected chi connectivity index (χ4v) is 2.36. The minimum absolute atomic E-state index is 0.176. The number of ether oxygens (including phenoxy) is 1. The lowest BCUT2D eigenvalue weighted by molar-refractivity contribution is -0.208. The second-order valence-electron chi connectivity index (χ2n) is 5.62. The van der Waals surface area contributed by atoms with Crippen LogP contribution in [0, 0.1) is 11.8 Å². The number of aliphatic carboxylic acids is 1. The Labute approximate surface area is 115 Å². The monoisotopic (exact) mass is 273 g/mol. The molecule has 2 N–H and O–H groups in total. The molecule has 1 aliphatic heterocycles. The van der Waals surface area contributed by atoms with Gasteiger partial charge in [-0.3, -0.25) is 9.63 Å². The minimum atomic E-state index is -0.763. The molecule has 0 bridgehead atoms. The molecule has 1 saturated heterocycles. The highest BCUT2D eigenvalue weighted by atomic mass is 16.8. The zero-order valence-electron chi connectivity index (χ0n) is 12.2. The summed E-state index contributed by atoms with van der Waals surface area (Å²) in [5, 5.41) is 9.33. The molecule has 1 aliphatic rings. The minimum Gasteiger partial charge on any atom is -0.481 e. The summed E-state index contributed by atoms with van der Waals surface area (Å²) in [5.74, 6) is -0.835. The molecule has 1 rings (SSSR count). The molecule has 0 aromatic heterocycles. The van der Waals surface area contributed by atoms with Crippen LogP contribution in [0.3, 0.4) is 0 Å². The van der Waals surface area contributed by atoms with Crippen LogP contribution in [-0.4, -0.2) is 30.0 Å². The van der Waals surface area contributed by atoms with Crippen molar-refractivity contribution in [1.29, 1.82) is 0 Å². The molecule has 112 valence electrons. The number of nitrogens with one attached hydrogen (secondary N) is 1. The van der Waals surface area contributed by atoms with Crippen molar-refractivity contribution in [3.8, 4) is 0 Å². The number of carboxylic acids is 1. The summed E-state index contributed by atoms with van der Waals surface area (Å²) in [5.41, 5.74) is 2.92. The molecule has 1 fully saturated rings. The van der Waals surface area contributed by atoms with Crippen LogP contribution >= 0.6 is 0 Å². The molecule has 0 radical (unpaired) electrons. The van der Waals surface area contributed by atoms with Crippen LogP contribution in [0.15, 0.2) is 0 Å². The topological polar surface area (TPSA) is 67.8 Å². The number of hydroxylamine groups is 1. The van der Waals surface area contributed by atoms with Gasteiger partial charge in [0.2, 0.25) is 0 Å². The molecule has 5 nitrogen and oxygen atoms in total. The third kappa shape index (κ3) is 5.89. The fourth-order valence-electron chi connectivity index (χ4n) is 2.36. The van der Waals surface area contributed by atoms with Gasteiger partial charge in [-0.15, -0.1) is 0 Å². The second-order valence-corrected chi connectivity index (χ2v) is 5.62. The van der Waals surface area contributed by atoms with E-state index in [0.29, 0.717) is 12.3 Å². The van der Waals surface area contributed by atoms with E-state index in [-0.39, 0.29) is 12.3 Å². The maximum atomic E-state index is 11.4. The molecule has 0 amide bonds. The van der Waals surface area contributed by atoms with E-state index in [9.17, 15) is 9.90 Å². The molecular weight excluding hydrogens is 246 g/mol. The van der Waals surface area contributed by atoms with Crippen molar-refractivity contribution in [3.63, 3.8) is 0 Å². The Morgan fingerprint density at radius 2 is 2.21 bits per heavy atom. The lowest BCUT2D eigenvalue weighted by Gasteiger charge is -2.28. The number of rotatable bonds is 8. The summed E-state index contributed by atoms with van der Waals surface area (Å²) in [6.45, 7) is 6.76.